The van der Waals surface area contributed by atoms with Gasteiger partial charge in [0.15, 0.2) is 6.61 Å². The van der Waals surface area contributed by atoms with Crippen molar-refractivity contribution < 1.29 is 28.9 Å². The van der Waals surface area contributed by atoms with E-state index in [-0.39, 0.29) is 18.1 Å². The van der Waals surface area contributed by atoms with Crippen molar-refractivity contribution >= 4 is 11.9 Å². The highest BCUT2D eigenvalue weighted by Crippen LogP contribution is 2.21. The molecule has 0 fully saturated rings. The number of ether oxygens (including phenoxy) is 3. The fraction of sp³-hybridized carbons (Fsp3) is 0.300. The van der Waals surface area contributed by atoms with Crippen molar-refractivity contribution in [2.45, 2.75) is 13.3 Å². The second kappa shape index (κ2) is 10.1. The third kappa shape index (κ3) is 6.22. The lowest BCUT2D eigenvalue weighted by atomic mass is 10.1. The van der Waals surface area contributed by atoms with Gasteiger partial charge in [0.05, 0.1) is 19.3 Å². The second-order valence-corrected chi connectivity index (χ2v) is 5.62. The number of methoxy groups -OCH3 is 1. The smallest absolute Gasteiger partial charge is 0.335 e. The molecule has 1 amide bonds. The zero-order valence-corrected chi connectivity index (χ0v) is 15.4. The van der Waals surface area contributed by atoms with E-state index < -0.39 is 5.97 Å². The predicted molar refractivity (Wildman–Crippen MR) is 99.8 cm³/mol. The molecule has 2 aromatic carbocycles. The zero-order chi connectivity index (χ0) is 19.6. The largest absolute Gasteiger partial charge is 0.496 e. The van der Waals surface area contributed by atoms with Crippen molar-refractivity contribution in [2.24, 2.45) is 0 Å². The van der Waals surface area contributed by atoms with Crippen LogP contribution >= 0.6 is 0 Å². The minimum Gasteiger partial charge on any atom is -0.496 e. The first-order valence-electron chi connectivity index (χ1n) is 8.56. The number of amides is 1. The Kier molecular flexibility index (Phi) is 7.49. The van der Waals surface area contributed by atoms with E-state index in [2.05, 4.69) is 5.32 Å². The van der Waals surface area contributed by atoms with E-state index in [0.29, 0.717) is 31.1 Å². The summed E-state index contributed by atoms with van der Waals surface area (Å²) in [6.45, 7) is 2.79. The Balaban J connectivity index is 1.78. The molecule has 7 heteroatoms. The molecular weight excluding hydrogens is 350 g/mol. The Labute approximate surface area is 157 Å². The second-order valence-electron chi connectivity index (χ2n) is 5.62. The number of benzene rings is 2. The van der Waals surface area contributed by atoms with Crippen LogP contribution in [-0.4, -0.2) is 43.9 Å². The van der Waals surface area contributed by atoms with Gasteiger partial charge in [-0.2, -0.15) is 0 Å². The molecule has 0 aliphatic carbocycles. The molecule has 0 saturated carbocycles. The van der Waals surface area contributed by atoms with Crippen molar-refractivity contribution in [3.63, 3.8) is 0 Å². The molecule has 0 saturated heterocycles. The lowest BCUT2D eigenvalue weighted by Gasteiger charge is -2.11. The molecule has 2 N–H and O–H groups in total. The van der Waals surface area contributed by atoms with Crippen LogP contribution in [0, 0.1) is 0 Å². The van der Waals surface area contributed by atoms with E-state index in [1.54, 1.807) is 30.3 Å². The van der Waals surface area contributed by atoms with Crippen LogP contribution in [-0.2, 0) is 11.2 Å². The summed E-state index contributed by atoms with van der Waals surface area (Å²) in [7, 11) is 1.48. The van der Waals surface area contributed by atoms with Gasteiger partial charge in [-0.1, -0.05) is 6.07 Å². The normalized spacial score (nSPS) is 10.1. The standard InChI is InChI=1S/C20H23NO6/c1-3-26-16-6-8-17(9-7-16)27-13-19(22)21-11-10-14-4-5-15(20(23)24)12-18(14)25-2/h4-9,12H,3,10-11,13H2,1-2H3,(H,21,22)(H,23,24). The Hall–Kier alpha value is -3.22. The van der Waals surface area contributed by atoms with E-state index in [0.717, 1.165) is 11.3 Å². The van der Waals surface area contributed by atoms with Crippen LogP contribution in [0.3, 0.4) is 0 Å². The van der Waals surface area contributed by atoms with Gasteiger partial charge in [-0.15, -0.1) is 0 Å². The minimum atomic E-state index is -1.01. The van der Waals surface area contributed by atoms with Crippen molar-refractivity contribution in [3.05, 3.63) is 53.6 Å². The van der Waals surface area contributed by atoms with Crippen LogP contribution in [0.4, 0.5) is 0 Å². The Morgan fingerprint density at radius 1 is 1.04 bits per heavy atom. The molecule has 0 spiro atoms. The molecular formula is C20H23NO6. The predicted octanol–water partition coefficient (Wildman–Crippen LogP) is 2.53. The van der Waals surface area contributed by atoms with E-state index in [4.69, 9.17) is 19.3 Å². The Bertz CT molecular complexity index is 773. The van der Waals surface area contributed by atoms with Crippen LogP contribution in [0.1, 0.15) is 22.8 Å². The number of carboxylic acid groups (broad SMARTS) is 1. The highest BCUT2D eigenvalue weighted by Gasteiger charge is 2.10. The Morgan fingerprint density at radius 2 is 1.70 bits per heavy atom. The monoisotopic (exact) mass is 373 g/mol. The fourth-order valence-electron chi connectivity index (χ4n) is 2.42. The van der Waals surface area contributed by atoms with Gasteiger partial charge in [-0.3, -0.25) is 4.79 Å². The summed E-state index contributed by atoms with van der Waals surface area (Å²) in [5, 5.41) is 11.8. The first kappa shape index (κ1) is 20.1. The number of carbonyl (C=O) groups excluding carboxylic acids is 1. The average Bonchev–Trinajstić information content (AvgIpc) is 2.67. The molecule has 144 valence electrons. The number of hydrogen-bond donors (Lipinski definition) is 2. The summed E-state index contributed by atoms with van der Waals surface area (Å²) < 4.78 is 16.0. The van der Waals surface area contributed by atoms with Gasteiger partial charge in [0, 0.05) is 6.54 Å². The van der Waals surface area contributed by atoms with E-state index in [1.807, 2.05) is 6.92 Å². The van der Waals surface area contributed by atoms with E-state index in [1.165, 1.54) is 19.2 Å². The van der Waals surface area contributed by atoms with E-state index >= 15 is 0 Å². The maximum absolute atomic E-state index is 11.9. The quantitative estimate of drug-likeness (QED) is 0.665. The molecule has 2 rings (SSSR count). The zero-order valence-electron chi connectivity index (χ0n) is 15.4. The van der Waals surface area contributed by atoms with Crippen LogP contribution in [0.25, 0.3) is 0 Å². The highest BCUT2D eigenvalue weighted by molar-refractivity contribution is 5.88. The minimum absolute atomic E-state index is 0.0942. The summed E-state index contributed by atoms with van der Waals surface area (Å²) in [4.78, 5) is 22.9. The molecule has 0 radical (unpaired) electrons. The maximum atomic E-state index is 11.9. The molecule has 0 bridgehead atoms. The summed E-state index contributed by atoms with van der Waals surface area (Å²) in [6.07, 6.45) is 0.512. The molecule has 0 aromatic heterocycles. The average molecular weight is 373 g/mol. The number of rotatable bonds is 10. The highest BCUT2D eigenvalue weighted by atomic mass is 16.5. The number of hydrogen-bond acceptors (Lipinski definition) is 5. The molecule has 7 nitrogen and oxygen atoms in total. The van der Waals surface area contributed by atoms with Crippen LogP contribution in [0.2, 0.25) is 0 Å². The summed E-state index contributed by atoms with van der Waals surface area (Å²) in [5.74, 6) is 0.552. The third-order valence-corrected chi connectivity index (χ3v) is 3.76. The van der Waals surface area contributed by atoms with Gasteiger partial charge in [-0.05, 0) is 55.3 Å². The molecule has 27 heavy (non-hydrogen) atoms. The number of aromatic carboxylic acids is 1. The molecule has 0 aliphatic heterocycles. The number of carboxylic acids is 1. The van der Waals surface area contributed by atoms with Gasteiger partial charge >= 0.3 is 5.97 Å². The van der Waals surface area contributed by atoms with Crippen LogP contribution in [0.15, 0.2) is 42.5 Å². The van der Waals surface area contributed by atoms with Crippen LogP contribution < -0.4 is 19.5 Å². The molecule has 0 heterocycles. The summed E-state index contributed by atoms with van der Waals surface area (Å²) in [5.41, 5.74) is 0.971. The lowest BCUT2D eigenvalue weighted by Crippen LogP contribution is -2.30. The van der Waals surface area contributed by atoms with Gasteiger partial charge in [0.25, 0.3) is 5.91 Å². The fourth-order valence-corrected chi connectivity index (χ4v) is 2.42. The van der Waals surface area contributed by atoms with Gasteiger partial charge in [0.1, 0.15) is 17.2 Å². The number of nitrogens with one attached hydrogen (secondary N) is 1. The molecule has 2 aromatic rings. The topological polar surface area (TPSA) is 94.1 Å². The first-order valence-corrected chi connectivity index (χ1v) is 8.56. The molecule has 0 aliphatic rings. The molecule has 0 atom stereocenters. The summed E-state index contributed by atoms with van der Waals surface area (Å²) in [6, 6.07) is 11.7. The lowest BCUT2D eigenvalue weighted by molar-refractivity contribution is -0.123. The Morgan fingerprint density at radius 3 is 2.30 bits per heavy atom. The SMILES string of the molecule is CCOc1ccc(OCC(=O)NCCc2ccc(C(=O)O)cc2OC)cc1. The van der Waals surface area contributed by atoms with Crippen LogP contribution in [0.5, 0.6) is 17.2 Å². The van der Waals surface area contributed by atoms with Crippen molar-refractivity contribution in [1.82, 2.24) is 5.32 Å². The van der Waals surface area contributed by atoms with Gasteiger partial charge < -0.3 is 24.6 Å². The van der Waals surface area contributed by atoms with Crippen molar-refractivity contribution in [2.75, 3.05) is 26.9 Å². The van der Waals surface area contributed by atoms with Crippen molar-refractivity contribution in [1.29, 1.82) is 0 Å². The first-order chi connectivity index (χ1) is 13.0. The summed E-state index contributed by atoms with van der Waals surface area (Å²) >= 11 is 0. The van der Waals surface area contributed by atoms with Gasteiger partial charge in [-0.25, -0.2) is 4.79 Å². The third-order valence-electron chi connectivity index (χ3n) is 3.76. The number of carbonyl (C=O) groups is 2. The maximum Gasteiger partial charge on any atom is 0.335 e. The van der Waals surface area contributed by atoms with E-state index in [9.17, 15) is 9.59 Å². The van der Waals surface area contributed by atoms with Gasteiger partial charge in [0.2, 0.25) is 0 Å². The molecule has 0 unspecified atom stereocenters. The van der Waals surface area contributed by atoms with Crippen molar-refractivity contribution in [3.8, 4) is 17.2 Å².